The van der Waals surface area contributed by atoms with Gasteiger partial charge < -0.3 is 19.6 Å². The first-order chi connectivity index (χ1) is 14.2. The number of anilines is 3. The third-order valence-corrected chi connectivity index (χ3v) is 4.93. The molecule has 0 aromatic heterocycles. The number of phenolic OH excluding ortho intramolecular Hbond substituents is 1. The average Bonchev–Trinajstić information content (AvgIpc) is 2.75. The molecule has 2 N–H and O–H groups in total. The summed E-state index contributed by atoms with van der Waals surface area (Å²) in [6.45, 7) is 3.36. The fraction of sp³-hybridized carbons (Fsp3) is 0.174. The molecule has 0 aliphatic carbocycles. The number of nitrogens with one attached hydrogen (secondary N) is 1. The lowest BCUT2D eigenvalue weighted by Crippen LogP contribution is -2.46. The van der Waals surface area contributed by atoms with E-state index < -0.39 is 6.09 Å². The topological polar surface area (TPSA) is 65.0 Å². The Morgan fingerprint density at radius 1 is 0.793 bits per heavy atom. The van der Waals surface area contributed by atoms with Crippen LogP contribution in [0.15, 0.2) is 78.9 Å². The molecule has 4 rings (SSSR count). The molecule has 6 nitrogen and oxygen atoms in total. The maximum Gasteiger partial charge on any atom is 0.417 e. The summed E-state index contributed by atoms with van der Waals surface area (Å²) in [5.41, 5.74) is 2.80. The van der Waals surface area contributed by atoms with Gasteiger partial charge in [0, 0.05) is 31.9 Å². The van der Waals surface area contributed by atoms with E-state index in [0.29, 0.717) is 5.75 Å². The van der Waals surface area contributed by atoms with Crippen molar-refractivity contribution in [3.05, 3.63) is 78.9 Å². The van der Waals surface area contributed by atoms with Gasteiger partial charge in [0.25, 0.3) is 0 Å². The van der Waals surface area contributed by atoms with Crippen LogP contribution in [0.25, 0.3) is 0 Å². The third kappa shape index (κ3) is 4.60. The minimum atomic E-state index is -0.508. The van der Waals surface area contributed by atoms with Gasteiger partial charge in [-0.25, -0.2) is 4.79 Å². The molecule has 0 radical (unpaired) electrons. The van der Waals surface area contributed by atoms with Gasteiger partial charge in [-0.1, -0.05) is 30.3 Å². The lowest BCUT2D eigenvalue weighted by molar-refractivity contribution is 0.215. The summed E-state index contributed by atoms with van der Waals surface area (Å²) in [4.78, 5) is 16.8. The molecule has 3 aromatic carbocycles. The maximum absolute atomic E-state index is 12.3. The highest BCUT2D eigenvalue weighted by Gasteiger charge is 2.20. The van der Waals surface area contributed by atoms with Crippen molar-refractivity contribution in [1.82, 2.24) is 0 Å². The molecule has 1 amide bonds. The zero-order valence-electron chi connectivity index (χ0n) is 16.0. The Balaban J connectivity index is 1.41. The van der Waals surface area contributed by atoms with Gasteiger partial charge in [0.2, 0.25) is 0 Å². The third-order valence-electron chi connectivity index (χ3n) is 4.93. The largest absolute Gasteiger partial charge is 0.508 e. The molecular weight excluding hydrogens is 366 g/mol. The Hall–Kier alpha value is -3.67. The maximum atomic E-state index is 12.3. The number of rotatable bonds is 4. The Kier molecular flexibility index (Phi) is 5.52. The van der Waals surface area contributed by atoms with Crippen LogP contribution >= 0.6 is 0 Å². The number of ether oxygens (including phenoxy) is 1. The Labute approximate surface area is 170 Å². The van der Waals surface area contributed by atoms with Gasteiger partial charge in [-0.15, -0.1) is 0 Å². The van der Waals surface area contributed by atoms with Crippen LogP contribution < -0.4 is 19.9 Å². The molecule has 0 unspecified atom stereocenters. The lowest BCUT2D eigenvalue weighted by atomic mass is 10.2. The number of piperazine rings is 1. The lowest BCUT2D eigenvalue weighted by Gasteiger charge is -2.38. The summed E-state index contributed by atoms with van der Waals surface area (Å²) in [6, 6.07) is 24.0. The number of para-hydroxylation sites is 3. The highest BCUT2D eigenvalue weighted by atomic mass is 16.6. The van der Waals surface area contributed by atoms with Gasteiger partial charge in [-0.3, -0.25) is 5.32 Å². The first kappa shape index (κ1) is 18.7. The number of phenols is 1. The molecule has 0 atom stereocenters. The van der Waals surface area contributed by atoms with Crippen LogP contribution in [-0.4, -0.2) is 37.4 Å². The summed E-state index contributed by atoms with van der Waals surface area (Å²) in [7, 11) is 0. The molecule has 0 bridgehead atoms. The van der Waals surface area contributed by atoms with Crippen molar-refractivity contribution in [3.8, 4) is 11.5 Å². The van der Waals surface area contributed by atoms with Crippen molar-refractivity contribution in [1.29, 1.82) is 0 Å². The predicted molar refractivity (Wildman–Crippen MR) is 115 cm³/mol. The number of carbonyl (C=O) groups excluding carboxylic acids is 1. The summed E-state index contributed by atoms with van der Waals surface area (Å²) in [5, 5.41) is 12.3. The van der Waals surface area contributed by atoms with Gasteiger partial charge in [-0.2, -0.15) is 0 Å². The zero-order valence-corrected chi connectivity index (χ0v) is 16.0. The number of hydrogen-bond donors (Lipinski definition) is 2. The SMILES string of the molecule is O=C(Nc1ccccc1N1CCN(c2ccc(O)cc2)CC1)Oc1ccccc1. The van der Waals surface area contributed by atoms with Gasteiger partial charge in [0.1, 0.15) is 11.5 Å². The quantitative estimate of drug-likeness (QED) is 0.695. The molecule has 1 aliphatic rings. The Morgan fingerprint density at radius 3 is 2.14 bits per heavy atom. The van der Waals surface area contributed by atoms with Crippen molar-refractivity contribution >= 4 is 23.2 Å². The number of benzene rings is 3. The van der Waals surface area contributed by atoms with E-state index in [4.69, 9.17) is 4.74 Å². The Bertz CT molecular complexity index is 953. The summed E-state index contributed by atoms with van der Waals surface area (Å²) in [5.74, 6) is 0.778. The van der Waals surface area contributed by atoms with Crippen molar-refractivity contribution in [2.45, 2.75) is 0 Å². The number of carbonyl (C=O) groups is 1. The summed E-state index contributed by atoms with van der Waals surface area (Å²) >= 11 is 0. The van der Waals surface area contributed by atoms with E-state index in [1.807, 2.05) is 54.6 Å². The molecule has 0 saturated carbocycles. The predicted octanol–water partition coefficient (Wildman–Crippen LogP) is 4.33. The minimum Gasteiger partial charge on any atom is -0.508 e. The standard InChI is InChI=1S/C23H23N3O3/c27-19-12-10-18(11-13-19)25-14-16-26(17-15-25)22-9-5-4-8-21(22)24-23(28)29-20-6-2-1-3-7-20/h1-13,27H,14-17H2,(H,24,28). The molecule has 29 heavy (non-hydrogen) atoms. The van der Waals surface area contributed by atoms with Gasteiger partial charge in [-0.05, 0) is 48.5 Å². The second-order valence-corrected chi connectivity index (χ2v) is 6.84. The van der Waals surface area contributed by atoms with Crippen LogP contribution in [0.4, 0.5) is 21.9 Å². The van der Waals surface area contributed by atoms with E-state index in [1.54, 1.807) is 24.3 Å². The molecule has 148 valence electrons. The van der Waals surface area contributed by atoms with E-state index >= 15 is 0 Å². The van der Waals surface area contributed by atoms with E-state index in [9.17, 15) is 9.90 Å². The van der Waals surface area contributed by atoms with E-state index in [2.05, 4.69) is 15.1 Å². The molecule has 1 aliphatic heterocycles. The van der Waals surface area contributed by atoms with E-state index in [0.717, 1.165) is 43.2 Å². The molecule has 1 saturated heterocycles. The number of amides is 1. The van der Waals surface area contributed by atoms with Crippen molar-refractivity contribution in [2.75, 3.05) is 41.3 Å². The first-order valence-corrected chi connectivity index (χ1v) is 9.61. The molecule has 1 heterocycles. The second-order valence-electron chi connectivity index (χ2n) is 6.84. The van der Waals surface area contributed by atoms with Crippen molar-refractivity contribution in [2.24, 2.45) is 0 Å². The van der Waals surface area contributed by atoms with Crippen LogP contribution in [0.5, 0.6) is 11.5 Å². The first-order valence-electron chi connectivity index (χ1n) is 9.61. The highest BCUT2D eigenvalue weighted by molar-refractivity contribution is 5.91. The molecule has 6 heteroatoms. The van der Waals surface area contributed by atoms with Crippen LogP contribution in [0.1, 0.15) is 0 Å². The van der Waals surface area contributed by atoms with Gasteiger partial charge in [0.05, 0.1) is 11.4 Å². The van der Waals surface area contributed by atoms with Crippen LogP contribution in [0.2, 0.25) is 0 Å². The van der Waals surface area contributed by atoms with Gasteiger partial charge in [0.15, 0.2) is 0 Å². The van der Waals surface area contributed by atoms with Crippen molar-refractivity contribution < 1.29 is 14.6 Å². The van der Waals surface area contributed by atoms with Crippen LogP contribution in [0.3, 0.4) is 0 Å². The average molecular weight is 389 g/mol. The van der Waals surface area contributed by atoms with Gasteiger partial charge >= 0.3 is 6.09 Å². The van der Waals surface area contributed by atoms with E-state index in [-0.39, 0.29) is 5.75 Å². The Morgan fingerprint density at radius 2 is 1.41 bits per heavy atom. The fourth-order valence-electron chi connectivity index (χ4n) is 3.46. The summed E-state index contributed by atoms with van der Waals surface area (Å²) < 4.78 is 5.35. The van der Waals surface area contributed by atoms with Crippen LogP contribution in [-0.2, 0) is 0 Å². The number of nitrogens with zero attached hydrogens (tertiary/aromatic N) is 2. The number of hydrogen-bond acceptors (Lipinski definition) is 5. The molecule has 3 aromatic rings. The normalized spacial score (nSPS) is 13.8. The second kappa shape index (κ2) is 8.56. The van der Waals surface area contributed by atoms with E-state index in [1.165, 1.54) is 0 Å². The molecular formula is C23H23N3O3. The number of aromatic hydroxyl groups is 1. The summed E-state index contributed by atoms with van der Waals surface area (Å²) in [6.07, 6.45) is -0.508. The minimum absolute atomic E-state index is 0.273. The monoisotopic (exact) mass is 389 g/mol. The smallest absolute Gasteiger partial charge is 0.417 e. The molecule has 1 fully saturated rings. The molecule has 0 spiro atoms. The van der Waals surface area contributed by atoms with Crippen molar-refractivity contribution in [3.63, 3.8) is 0 Å². The highest BCUT2D eigenvalue weighted by Crippen LogP contribution is 2.28. The fourth-order valence-corrected chi connectivity index (χ4v) is 3.46. The zero-order chi connectivity index (χ0) is 20.1. The van der Waals surface area contributed by atoms with Crippen LogP contribution in [0, 0.1) is 0 Å².